The Kier molecular flexibility index (Phi) is 11.0. The first kappa shape index (κ1) is 30.3. The Bertz CT molecular complexity index is 1300. The van der Waals surface area contributed by atoms with E-state index in [2.05, 4.69) is 0 Å². The lowest BCUT2D eigenvalue weighted by atomic mass is 9.90. The molecule has 0 heterocycles. The number of thioether (sulfide) groups is 1. The summed E-state index contributed by atoms with van der Waals surface area (Å²) < 4.78 is 44.1. The van der Waals surface area contributed by atoms with Gasteiger partial charge in [-0.3, -0.25) is 14.4 Å². The van der Waals surface area contributed by atoms with E-state index in [1.807, 2.05) is 0 Å². The zero-order valence-corrected chi connectivity index (χ0v) is 22.8. The summed E-state index contributed by atoms with van der Waals surface area (Å²) in [7, 11) is 1.33. The van der Waals surface area contributed by atoms with Crippen molar-refractivity contribution in [2.45, 2.75) is 37.5 Å². The third-order valence-electron chi connectivity index (χ3n) is 5.65. The highest BCUT2D eigenvalue weighted by Crippen LogP contribution is 2.36. The molecule has 208 valence electrons. The molecule has 1 aliphatic rings. The fourth-order valence-electron chi connectivity index (χ4n) is 3.90. The maximum Gasteiger partial charge on any atom is 0.336 e. The van der Waals surface area contributed by atoms with E-state index in [9.17, 15) is 23.6 Å². The Morgan fingerprint density at radius 1 is 1.00 bits per heavy atom. The Balaban J connectivity index is 2.13. The van der Waals surface area contributed by atoms with Gasteiger partial charge in [-0.05, 0) is 62.9 Å². The maximum atomic E-state index is 15.4. The lowest BCUT2D eigenvalue weighted by Crippen LogP contribution is -2.40. The van der Waals surface area contributed by atoms with Crippen molar-refractivity contribution in [2.24, 2.45) is 0 Å². The Labute approximate surface area is 233 Å². The number of ether oxygens (including phenoxy) is 3. The second kappa shape index (κ2) is 14.2. The summed E-state index contributed by atoms with van der Waals surface area (Å²) >= 11 is 7.12. The number of imide groups is 1. The molecular formula is C27H26ClF2NO7S. The van der Waals surface area contributed by atoms with E-state index in [1.165, 1.54) is 19.2 Å². The number of carbonyl (C=O) groups is 4. The van der Waals surface area contributed by atoms with Crippen LogP contribution in [-0.2, 0) is 28.6 Å². The van der Waals surface area contributed by atoms with Crippen LogP contribution < -0.4 is 4.90 Å². The predicted octanol–water partition coefficient (Wildman–Crippen LogP) is 5.46. The second-order valence-corrected chi connectivity index (χ2v) is 9.71. The van der Waals surface area contributed by atoms with Gasteiger partial charge < -0.3 is 14.2 Å². The molecule has 12 heteroatoms. The topological polar surface area (TPSA) is 99.2 Å². The lowest BCUT2D eigenvalue weighted by Gasteiger charge is -2.26. The molecule has 0 aromatic heterocycles. The number of hydrogen-bond acceptors (Lipinski definition) is 8. The molecule has 0 atom stereocenters. The number of nitrogens with zero attached hydrogens (tertiary/aromatic N) is 1. The number of hydrogen-bond donors (Lipinski definition) is 0. The summed E-state index contributed by atoms with van der Waals surface area (Å²) in [6.07, 6.45) is 1.46. The molecule has 8 nitrogen and oxygen atoms in total. The van der Waals surface area contributed by atoms with Gasteiger partial charge in [0.15, 0.2) is 6.79 Å². The number of carbonyl (C=O) groups excluding carboxylic acids is 4. The van der Waals surface area contributed by atoms with E-state index in [4.69, 9.17) is 25.8 Å². The van der Waals surface area contributed by atoms with Gasteiger partial charge in [0.05, 0.1) is 23.1 Å². The molecule has 0 bridgehead atoms. The van der Waals surface area contributed by atoms with E-state index < -0.39 is 41.1 Å². The van der Waals surface area contributed by atoms with Gasteiger partial charge in [0, 0.05) is 28.7 Å². The third-order valence-corrected chi connectivity index (χ3v) is 7.10. The largest absolute Gasteiger partial charge is 0.465 e. The number of amides is 2. The highest BCUT2D eigenvalue weighted by atomic mass is 35.5. The maximum absolute atomic E-state index is 15.4. The predicted molar refractivity (Wildman–Crippen MR) is 140 cm³/mol. The normalized spacial score (nSPS) is 13.2. The summed E-state index contributed by atoms with van der Waals surface area (Å²) in [6, 6.07) is 6.64. The molecule has 39 heavy (non-hydrogen) atoms. The van der Waals surface area contributed by atoms with Gasteiger partial charge in [0.25, 0.3) is 11.8 Å². The highest BCUT2D eigenvalue weighted by molar-refractivity contribution is 8.00. The second-order valence-electron chi connectivity index (χ2n) is 8.29. The van der Waals surface area contributed by atoms with Gasteiger partial charge in [-0.25, -0.2) is 18.5 Å². The number of methoxy groups -OCH3 is 1. The average Bonchev–Trinajstić information content (AvgIpc) is 2.92. The first-order chi connectivity index (χ1) is 18.7. The summed E-state index contributed by atoms with van der Waals surface area (Å²) in [5, 5.41) is -0.0585. The van der Waals surface area contributed by atoms with Crippen LogP contribution >= 0.6 is 23.4 Å². The van der Waals surface area contributed by atoms with Crippen LogP contribution in [0, 0.1) is 11.6 Å². The van der Waals surface area contributed by atoms with Gasteiger partial charge >= 0.3 is 11.9 Å². The molecule has 0 fully saturated rings. The molecule has 0 spiro atoms. The van der Waals surface area contributed by atoms with Crippen molar-refractivity contribution in [1.82, 2.24) is 0 Å². The zero-order valence-electron chi connectivity index (χ0n) is 21.3. The molecule has 0 N–H and O–H groups in total. The van der Waals surface area contributed by atoms with Gasteiger partial charge in [-0.15, -0.1) is 11.8 Å². The standard InChI is InChI=1S/C27H26ClF2NO7S/c1-3-37-24(32)14-39-23-13-22(21(30)12-20(23)28)31(25(33)16-7-6-8-17(29)11-16)26(34)18-9-4-5-10-19(18)27(35)38-15-36-2/h6-8,11-13H,3-5,9-10,14-15H2,1-2H3. The van der Waals surface area contributed by atoms with Gasteiger partial charge in [0.1, 0.15) is 11.6 Å². The molecule has 2 aromatic rings. The molecule has 0 unspecified atom stereocenters. The minimum atomic E-state index is -1.02. The van der Waals surface area contributed by atoms with Crippen LogP contribution in [0.25, 0.3) is 0 Å². The fraction of sp³-hybridized carbons (Fsp3) is 0.333. The SMILES string of the molecule is CCOC(=O)CSc1cc(N(C(=O)C2=C(C(=O)OCOC)CCCC2)C(=O)c2cccc(F)c2)c(F)cc1Cl. The Morgan fingerprint density at radius 3 is 2.38 bits per heavy atom. The molecule has 3 rings (SSSR count). The first-order valence-corrected chi connectivity index (χ1v) is 13.3. The van der Waals surface area contributed by atoms with Gasteiger partial charge in [-0.2, -0.15) is 0 Å². The van der Waals surface area contributed by atoms with Crippen molar-refractivity contribution in [2.75, 3.05) is 31.2 Å². The summed E-state index contributed by atoms with van der Waals surface area (Å²) in [4.78, 5) is 52.8. The van der Waals surface area contributed by atoms with Crippen molar-refractivity contribution in [1.29, 1.82) is 0 Å². The number of halogens is 3. The van der Waals surface area contributed by atoms with Crippen LogP contribution in [0.1, 0.15) is 43.0 Å². The summed E-state index contributed by atoms with van der Waals surface area (Å²) in [6.45, 7) is 1.46. The minimum Gasteiger partial charge on any atom is -0.465 e. The average molecular weight is 582 g/mol. The highest BCUT2D eigenvalue weighted by Gasteiger charge is 2.34. The van der Waals surface area contributed by atoms with E-state index in [0.29, 0.717) is 17.7 Å². The quantitative estimate of drug-likeness (QED) is 0.158. The van der Waals surface area contributed by atoms with E-state index in [-0.39, 0.29) is 58.6 Å². The monoisotopic (exact) mass is 581 g/mol. The molecule has 1 aliphatic carbocycles. The van der Waals surface area contributed by atoms with E-state index >= 15 is 4.39 Å². The van der Waals surface area contributed by atoms with Crippen molar-refractivity contribution < 1.29 is 42.2 Å². The van der Waals surface area contributed by atoms with Crippen LogP contribution in [0.4, 0.5) is 14.5 Å². The molecule has 0 saturated carbocycles. The first-order valence-electron chi connectivity index (χ1n) is 12.0. The lowest BCUT2D eigenvalue weighted by molar-refractivity contribution is -0.149. The molecule has 2 aromatic carbocycles. The van der Waals surface area contributed by atoms with Crippen LogP contribution in [0.15, 0.2) is 52.4 Å². The molecule has 0 aliphatic heterocycles. The van der Waals surface area contributed by atoms with Gasteiger partial charge in [-0.1, -0.05) is 17.7 Å². The summed E-state index contributed by atoms with van der Waals surface area (Å²) in [5.41, 5.74) is -0.681. The fourth-order valence-corrected chi connectivity index (χ4v) is 4.96. The van der Waals surface area contributed by atoms with E-state index in [0.717, 1.165) is 36.0 Å². The zero-order chi connectivity index (χ0) is 28.5. The van der Waals surface area contributed by atoms with Crippen LogP contribution in [0.3, 0.4) is 0 Å². The molecule has 0 radical (unpaired) electrons. The van der Waals surface area contributed by atoms with E-state index in [1.54, 1.807) is 6.92 Å². The molecule has 2 amide bonds. The van der Waals surface area contributed by atoms with Crippen molar-refractivity contribution in [3.05, 3.63) is 69.8 Å². The number of anilines is 1. The van der Waals surface area contributed by atoms with Crippen molar-refractivity contribution in [3.63, 3.8) is 0 Å². The van der Waals surface area contributed by atoms with Crippen LogP contribution in [-0.4, -0.2) is 50.0 Å². The summed E-state index contributed by atoms with van der Waals surface area (Å²) in [5.74, 6) is -5.24. The number of esters is 2. The third kappa shape index (κ3) is 7.65. The Morgan fingerprint density at radius 2 is 1.72 bits per heavy atom. The smallest absolute Gasteiger partial charge is 0.336 e. The minimum absolute atomic E-state index is 0.0258. The van der Waals surface area contributed by atoms with Crippen molar-refractivity contribution in [3.8, 4) is 0 Å². The Hall–Kier alpha value is -3.28. The van der Waals surface area contributed by atoms with Gasteiger partial charge in [0.2, 0.25) is 0 Å². The van der Waals surface area contributed by atoms with Crippen LogP contribution in [0.5, 0.6) is 0 Å². The van der Waals surface area contributed by atoms with Crippen molar-refractivity contribution >= 4 is 52.8 Å². The van der Waals surface area contributed by atoms with Crippen LogP contribution in [0.2, 0.25) is 5.02 Å². The molecular weight excluding hydrogens is 556 g/mol. The number of benzene rings is 2. The molecule has 0 saturated heterocycles. The number of rotatable bonds is 10.